The van der Waals surface area contributed by atoms with Gasteiger partial charge in [0, 0.05) is 13.6 Å². The predicted molar refractivity (Wildman–Crippen MR) is 67.7 cm³/mol. The number of hydrogen-bond acceptors (Lipinski definition) is 4. The van der Waals surface area contributed by atoms with Crippen molar-refractivity contribution >= 4 is 17.0 Å². The van der Waals surface area contributed by atoms with Crippen molar-refractivity contribution in [1.82, 2.24) is 9.63 Å². The maximum atomic E-state index is 12.4. The molecule has 0 atom stereocenters. The summed E-state index contributed by atoms with van der Waals surface area (Å²) in [7, 11) is 1.61. The number of fused-ring (bicyclic) bond motifs is 1. The van der Waals surface area contributed by atoms with Gasteiger partial charge < -0.3 is 4.42 Å². The molecule has 1 aliphatic heterocycles. The Morgan fingerprint density at radius 1 is 1.32 bits per heavy atom. The average molecular weight is 262 g/mol. The van der Waals surface area contributed by atoms with Crippen LogP contribution >= 0.6 is 0 Å². The molecule has 0 bridgehead atoms. The van der Waals surface area contributed by atoms with E-state index in [9.17, 15) is 9.59 Å². The molecule has 3 rings (SSSR count). The summed E-state index contributed by atoms with van der Waals surface area (Å²) in [5.41, 5.74) is 1.28. The van der Waals surface area contributed by atoms with Gasteiger partial charge in [-0.15, -0.1) is 0 Å². The number of oxazole rings is 1. The van der Waals surface area contributed by atoms with Crippen LogP contribution in [0.2, 0.25) is 0 Å². The molecule has 1 fully saturated rings. The normalized spacial score (nSPS) is 15.9. The van der Waals surface area contributed by atoms with E-state index in [-0.39, 0.29) is 5.91 Å². The second-order valence-corrected chi connectivity index (χ2v) is 4.53. The first kappa shape index (κ1) is 12.0. The minimum Gasteiger partial charge on any atom is -0.407 e. The smallest absolute Gasteiger partial charge is 0.407 e. The fourth-order valence-electron chi connectivity index (χ4n) is 2.21. The predicted octanol–water partition coefficient (Wildman–Crippen LogP) is 1.30. The first-order chi connectivity index (χ1) is 9.18. The lowest BCUT2D eigenvalue weighted by Gasteiger charge is -2.25. The molecule has 1 aromatic heterocycles. The van der Waals surface area contributed by atoms with Gasteiger partial charge in [0.25, 0.3) is 5.91 Å². The molecule has 19 heavy (non-hydrogen) atoms. The Balaban J connectivity index is 2.07. The van der Waals surface area contributed by atoms with Gasteiger partial charge in [0.2, 0.25) is 0 Å². The molecule has 2 heterocycles. The Bertz CT molecular complexity index is 679. The maximum absolute atomic E-state index is 12.4. The van der Waals surface area contributed by atoms with Crippen molar-refractivity contribution < 1.29 is 14.0 Å². The van der Waals surface area contributed by atoms with E-state index >= 15 is 0 Å². The van der Waals surface area contributed by atoms with Gasteiger partial charge >= 0.3 is 5.76 Å². The molecular weight excluding hydrogens is 248 g/mol. The third-order valence-electron chi connectivity index (χ3n) is 3.28. The van der Waals surface area contributed by atoms with Crippen molar-refractivity contribution in [2.24, 2.45) is 7.05 Å². The van der Waals surface area contributed by atoms with E-state index in [0.29, 0.717) is 29.8 Å². The van der Waals surface area contributed by atoms with Crippen LogP contribution < -0.4 is 5.76 Å². The van der Waals surface area contributed by atoms with Crippen LogP contribution in [0.3, 0.4) is 0 Å². The number of hydroxylamine groups is 2. The number of aryl methyl sites for hydroxylation is 1. The van der Waals surface area contributed by atoms with Crippen LogP contribution in [0.1, 0.15) is 23.2 Å². The quantitative estimate of drug-likeness (QED) is 0.777. The minimum atomic E-state index is -0.477. The molecule has 1 aromatic carbocycles. The number of aromatic nitrogens is 1. The SMILES string of the molecule is Cn1c(=O)oc2c(C(=O)N3CCCCO3)cccc21. The highest BCUT2D eigenvalue weighted by Gasteiger charge is 2.23. The highest BCUT2D eigenvalue weighted by molar-refractivity contribution is 6.03. The molecule has 6 nitrogen and oxygen atoms in total. The number of amides is 1. The highest BCUT2D eigenvalue weighted by Crippen LogP contribution is 2.20. The van der Waals surface area contributed by atoms with Gasteiger partial charge in [-0.1, -0.05) is 6.07 Å². The number of hydrogen-bond donors (Lipinski definition) is 0. The third-order valence-corrected chi connectivity index (χ3v) is 3.28. The molecule has 100 valence electrons. The largest absolute Gasteiger partial charge is 0.419 e. The van der Waals surface area contributed by atoms with E-state index in [4.69, 9.17) is 9.25 Å². The Morgan fingerprint density at radius 3 is 2.89 bits per heavy atom. The lowest BCUT2D eigenvalue weighted by atomic mass is 10.1. The van der Waals surface area contributed by atoms with Crippen LogP contribution in [0.5, 0.6) is 0 Å². The van der Waals surface area contributed by atoms with Crippen LogP contribution in [0.25, 0.3) is 11.1 Å². The summed E-state index contributed by atoms with van der Waals surface area (Å²) in [5.74, 6) is -0.741. The minimum absolute atomic E-state index is 0.264. The summed E-state index contributed by atoms with van der Waals surface area (Å²) < 4.78 is 6.52. The van der Waals surface area contributed by atoms with E-state index in [0.717, 1.165) is 12.8 Å². The van der Waals surface area contributed by atoms with Crippen molar-refractivity contribution in [3.05, 3.63) is 34.3 Å². The fraction of sp³-hybridized carbons (Fsp3) is 0.385. The number of nitrogens with zero attached hydrogens (tertiary/aromatic N) is 2. The zero-order valence-electron chi connectivity index (χ0n) is 10.6. The number of rotatable bonds is 1. The van der Waals surface area contributed by atoms with Crippen LogP contribution in [0.4, 0.5) is 0 Å². The molecule has 0 radical (unpaired) electrons. The maximum Gasteiger partial charge on any atom is 0.419 e. The second-order valence-electron chi connectivity index (χ2n) is 4.53. The first-order valence-corrected chi connectivity index (χ1v) is 6.22. The number of para-hydroxylation sites is 1. The van der Waals surface area contributed by atoms with Crippen molar-refractivity contribution in [3.63, 3.8) is 0 Å². The van der Waals surface area contributed by atoms with Gasteiger partial charge in [-0.3, -0.25) is 14.2 Å². The van der Waals surface area contributed by atoms with Crippen molar-refractivity contribution in [2.45, 2.75) is 12.8 Å². The molecule has 0 unspecified atom stereocenters. The molecule has 1 amide bonds. The number of carbonyl (C=O) groups excluding carboxylic acids is 1. The van der Waals surface area contributed by atoms with E-state index in [1.165, 1.54) is 9.63 Å². The Hall–Kier alpha value is -2.08. The van der Waals surface area contributed by atoms with Gasteiger partial charge in [-0.2, -0.15) is 0 Å². The van der Waals surface area contributed by atoms with E-state index in [1.807, 2.05) is 0 Å². The Labute approximate surface area is 109 Å². The van der Waals surface area contributed by atoms with Gasteiger partial charge in [0.1, 0.15) is 0 Å². The number of carbonyl (C=O) groups is 1. The highest BCUT2D eigenvalue weighted by atomic mass is 16.7. The molecule has 0 N–H and O–H groups in total. The summed E-state index contributed by atoms with van der Waals surface area (Å²) in [6.07, 6.45) is 1.87. The van der Waals surface area contributed by atoms with Crippen LogP contribution in [0, 0.1) is 0 Å². The first-order valence-electron chi connectivity index (χ1n) is 6.22. The van der Waals surface area contributed by atoms with Crippen molar-refractivity contribution in [3.8, 4) is 0 Å². The monoisotopic (exact) mass is 262 g/mol. The zero-order valence-corrected chi connectivity index (χ0v) is 10.6. The van der Waals surface area contributed by atoms with Crippen LogP contribution in [-0.4, -0.2) is 28.7 Å². The van der Waals surface area contributed by atoms with E-state index < -0.39 is 5.76 Å². The molecule has 0 saturated carbocycles. The standard InChI is InChI=1S/C13H14N2O4/c1-14-10-6-4-5-9(11(10)19-13(14)17)12(16)15-7-2-3-8-18-15/h4-6H,2-3,7-8H2,1H3. The fourth-order valence-corrected chi connectivity index (χ4v) is 2.21. The molecule has 0 spiro atoms. The average Bonchev–Trinajstić information content (AvgIpc) is 2.75. The van der Waals surface area contributed by atoms with Gasteiger partial charge in [-0.25, -0.2) is 9.86 Å². The van der Waals surface area contributed by atoms with Crippen molar-refractivity contribution in [2.75, 3.05) is 13.2 Å². The topological polar surface area (TPSA) is 64.7 Å². The van der Waals surface area contributed by atoms with E-state index in [1.54, 1.807) is 25.2 Å². The van der Waals surface area contributed by atoms with Gasteiger partial charge in [-0.05, 0) is 25.0 Å². The molecular formula is C13H14N2O4. The van der Waals surface area contributed by atoms with Crippen LogP contribution in [-0.2, 0) is 11.9 Å². The van der Waals surface area contributed by atoms with Gasteiger partial charge in [0.05, 0.1) is 17.7 Å². The molecule has 0 aliphatic carbocycles. The Kier molecular flexibility index (Phi) is 2.87. The summed E-state index contributed by atoms with van der Waals surface area (Å²) in [6, 6.07) is 5.12. The molecule has 1 aliphatic rings. The van der Waals surface area contributed by atoms with E-state index in [2.05, 4.69) is 0 Å². The molecule has 1 saturated heterocycles. The van der Waals surface area contributed by atoms with Crippen molar-refractivity contribution in [1.29, 1.82) is 0 Å². The van der Waals surface area contributed by atoms with Crippen LogP contribution in [0.15, 0.2) is 27.4 Å². The Morgan fingerprint density at radius 2 is 2.16 bits per heavy atom. The summed E-state index contributed by atoms with van der Waals surface area (Å²) in [6.45, 7) is 1.10. The summed E-state index contributed by atoms with van der Waals surface area (Å²) in [4.78, 5) is 29.2. The lowest BCUT2D eigenvalue weighted by molar-refractivity contribution is -0.144. The lowest BCUT2D eigenvalue weighted by Crippen LogP contribution is -2.35. The summed E-state index contributed by atoms with van der Waals surface area (Å²) >= 11 is 0. The number of benzene rings is 1. The van der Waals surface area contributed by atoms with Gasteiger partial charge in [0.15, 0.2) is 5.58 Å². The third kappa shape index (κ3) is 1.94. The second kappa shape index (κ2) is 4.55. The molecule has 6 heteroatoms. The molecule has 2 aromatic rings. The summed E-state index contributed by atoms with van der Waals surface area (Å²) in [5, 5.41) is 1.34. The zero-order chi connectivity index (χ0) is 13.4.